The minimum Gasteiger partial charge on any atom is -0.493 e. The molecule has 0 aliphatic rings. The zero-order valence-corrected chi connectivity index (χ0v) is 19.5. The fraction of sp³-hybridized carbons (Fsp3) is 0.0833. The number of rotatable bonds is 8. The van der Waals surface area contributed by atoms with Gasteiger partial charge in [-0.05, 0) is 81.8 Å². The van der Waals surface area contributed by atoms with Gasteiger partial charge in [0.25, 0.3) is 5.69 Å². The number of nitrogens with zero attached hydrogens (tertiary/aromatic N) is 2. The number of hydrogen-bond acceptors (Lipinski definition) is 6. The predicted molar refractivity (Wildman–Crippen MR) is 130 cm³/mol. The van der Waals surface area contributed by atoms with Crippen molar-refractivity contribution < 1.29 is 24.3 Å². The SMILES string of the molecule is COc1cc(/C=C(/C#N)c2ccc(C(=O)O)cc2)cc(I)c1OCc1ccc([N+](=O)[O-])cc1. The van der Waals surface area contributed by atoms with Gasteiger partial charge >= 0.3 is 5.97 Å². The maximum absolute atomic E-state index is 11.0. The number of methoxy groups -OCH3 is 1. The van der Waals surface area contributed by atoms with E-state index in [1.807, 2.05) is 6.07 Å². The van der Waals surface area contributed by atoms with Crippen LogP contribution >= 0.6 is 22.6 Å². The topological polar surface area (TPSA) is 123 Å². The maximum atomic E-state index is 11.0. The van der Waals surface area contributed by atoms with Crippen molar-refractivity contribution in [3.05, 3.63) is 96.6 Å². The average Bonchev–Trinajstić information content (AvgIpc) is 2.81. The molecule has 0 heterocycles. The zero-order chi connectivity index (χ0) is 24.0. The van der Waals surface area contributed by atoms with E-state index in [-0.39, 0.29) is 17.9 Å². The number of hydrogen-bond donors (Lipinski definition) is 1. The van der Waals surface area contributed by atoms with Gasteiger partial charge in [0.1, 0.15) is 6.61 Å². The third-order valence-corrected chi connectivity index (χ3v) is 5.46. The molecule has 0 saturated heterocycles. The molecule has 0 amide bonds. The Balaban J connectivity index is 1.84. The van der Waals surface area contributed by atoms with Crippen molar-refractivity contribution in [2.24, 2.45) is 0 Å². The first kappa shape index (κ1) is 23.7. The normalized spacial score (nSPS) is 10.9. The second-order valence-corrected chi connectivity index (χ2v) is 7.96. The molecular formula is C24H17IN2O6. The number of carbonyl (C=O) groups is 1. The molecule has 0 bridgehead atoms. The van der Waals surface area contributed by atoms with E-state index in [4.69, 9.17) is 14.6 Å². The Hall–Kier alpha value is -3.91. The average molecular weight is 556 g/mol. The Morgan fingerprint density at radius 3 is 2.33 bits per heavy atom. The summed E-state index contributed by atoms with van der Waals surface area (Å²) in [5, 5.41) is 29.4. The van der Waals surface area contributed by atoms with E-state index in [0.717, 1.165) is 9.13 Å². The Morgan fingerprint density at radius 1 is 1.15 bits per heavy atom. The number of benzene rings is 3. The molecule has 0 aliphatic heterocycles. The first-order valence-electron chi connectivity index (χ1n) is 9.51. The molecule has 0 radical (unpaired) electrons. The molecule has 0 atom stereocenters. The van der Waals surface area contributed by atoms with Gasteiger partial charge in [-0.25, -0.2) is 4.79 Å². The van der Waals surface area contributed by atoms with Crippen LogP contribution in [0.5, 0.6) is 11.5 Å². The van der Waals surface area contributed by atoms with E-state index < -0.39 is 10.9 Å². The first-order chi connectivity index (χ1) is 15.8. The van der Waals surface area contributed by atoms with Gasteiger partial charge in [-0.3, -0.25) is 10.1 Å². The Kier molecular flexibility index (Phi) is 7.63. The van der Waals surface area contributed by atoms with Crippen molar-refractivity contribution in [2.45, 2.75) is 6.61 Å². The van der Waals surface area contributed by atoms with Gasteiger partial charge in [0.15, 0.2) is 11.5 Å². The monoisotopic (exact) mass is 556 g/mol. The van der Waals surface area contributed by atoms with Crippen LogP contribution in [0.1, 0.15) is 27.0 Å². The summed E-state index contributed by atoms with van der Waals surface area (Å²) in [6.07, 6.45) is 1.68. The van der Waals surface area contributed by atoms with Crippen LogP contribution in [0.4, 0.5) is 5.69 Å². The molecule has 3 rings (SSSR count). The quantitative estimate of drug-likeness (QED) is 0.127. The van der Waals surface area contributed by atoms with E-state index in [9.17, 15) is 20.2 Å². The third-order valence-electron chi connectivity index (χ3n) is 4.66. The van der Waals surface area contributed by atoms with Crippen molar-refractivity contribution in [2.75, 3.05) is 7.11 Å². The van der Waals surface area contributed by atoms with Gasteiger partial charge in [-0.15, -0.1) is 0 Å². The molecule has 3 aromatic rings. The van der Waals surface area contributed by atoms with Gasteiger partial charge in [0.2, 0.25) is 0 Å². The Labute approximate surface area is 203 Å². The minimum absolute atomic E-state index is 0.00736. The van der Waals surface area contributed by atoms with Crippen LogP contribution in [-0.4, -0.2) is 23.1 Å². The molecule has 33 heavy (non-hydrogen) atoms. The molecule has 0 aromatic heterocycles. The number of aromatic carboxylic acids is 1. The summed E-state index contributed by atoms with van der Waals surface area (Å²) in [6, 6.07) is 17.9. The first-order valence-corrected chi connectivity index (χ1v) is 10.6. The molecule has 8 nitrogen and oxygen atoms in total. The minimum atomic E-state index is -1.03. The summed E-state index contributed by atoms with van der Waals surface area (Å²) in [5.74, 6) is -0.0564. The third kappa shape index (κ3) is 5.87. The van der Waals surface area contributed by atoms with Crippen LogP contribution in [0.3, 0.4) is 0 Å². The summed E-state index contributed by atoms with van der Waals surface area (Å²) < 4.78 is 12.1. The molecule has 0 unspecified atom stereocenters. The molecule has 0 aliphatic carbocycles. The number of halogens is 1. The molecule has 0 saturated carbocycles. The zero-order valence-electron chi connectivity index (χ0n) is 17.3. The molecule has 3 aromatic carbocycles. The fourth-order valence-electron chi connectivity index (χ4n) is 2.97. The second-order valence-electron chi connectivity index (χ2n) is 6.80. The van der Waals surface area contributed by atoms with Crippen LogP contribution in [0.25, 0.3) is 11.6 Å². The summed E-state index contributed by atoms with van der Waals surface area (Å²) >= 11 is 2.10. The lowest BCUT2D eigenvalue weighted by atomic mass is 10.0. The van der Waals surface area contributed by atoms with Gasteiger partial charge in [-0.2, -0.15) is 5.26 Å². The molecule has 0 fully saturated rings. The largest absolute Gasteiger partial charge is 0.493 e. The van der Waals surface area contributed by atoms with Crippen molar-refractivity contribution in [1.29, 1.82) is 5.26 Å². The molecule has 0 spiro atoms. The lowest BCUT2D eigenvalue weighted by molar-refractivity contribution is -0.384. The summed E-state index contributed by atoms with van der Waals surface area (Å²) in [6.45, 7) is 0.193. The van der Waals surface area contributed by atoms with Crippen molar-refractivity contribution in [1.82, 2.24) is 0 Å². The number of non-ortho nitro benzene ring substituents is 1. The lowest BCUT2D eigenvalue weighted by Gasteiger charge is -2.14. The highest BCUT2D eigenvalue weighted by molar-refractivity contribution is 14.1. The van der Waals surface area contributed by atoms with Gasteiger partial charge in [0.05, 0.1) is 32.8 Å². The highest BCUT2D eigenvalue weighted by Gasteiger charge is 2.13. The fourth-order valence-corrected chi connectivity index (χ4v) is 3.75. The highest BCUT2D eigenvalue weighted by atomic mass is 127. The van der Waals surface area contributed by atoms with E-state index in [0.29, 0.717) is 28.2 Å². The number of nitriles is 1. The summed E-state index contributed by atoms with van der Waals surface area (Å²) in [5.41, 5.74) is 2.57. The number of ether oxygens (including phenoxy) is 2. The number of allylic oxidation sites excluding steroid dienone is 1. The number of carboxylic acids is 1. The van der Waals surface area contributed by atoms with Crippen LogP contribution < -0.4 is 9.47 Å². The Morgan fingerprint density at radius 2 is 1.79 bits per heavy atom. The number of nitro groups is 1. The van der Waals surface area contributed by atoms with Crippen LogP contribution in [-0.2, 0) is 6.61 Å². The molecular weight excluding hydrogens is 539 g/mol. The second kappa shape index (κ2) is 10.6. The van der Waals surface area contributed by atoms with E-state index in [1.165, 1.54) is 31.4 Å². The van der Waals surface area contributed by atoms with E-state index in [2.05, 4.69) is 28.7 Å². The molecule has 166 valence electrons. The van der Waals surface area contributed by atoms with Crippen LogP contribution in [0.2, 0.25) is 0 Å². The predicted octanol–water partition coefficient (Wildman–Crippen LogP) is 5.55. The van der Waals surface area contributed by atoms with Gasteiger partial charge in [-0.1, -0.05) is 12.1 Å². The van der Waals surface area contributed by atoms with Crippen LogP contribution in [0, 0.1) is 25.0 Å². The summed E-state index contributed by atoms with van der Waals surface area (Å²) in [7, 11) is 1.51. The van der Waals surface area contributed by atoms with Gasteiger partial charge in [0, 0.05) is 12.1 Å². The lowest BCUT2D eigenvalue weighted by Crippen LogP contribution is -2.00. The van der Waals surface area contributed by atoms with E-state index in [1.54, 1.807) is 36.4 Å². The number of nitro benzene ring substituents is 1. The van der Waals surface area contributed by atoms with E-state index >= 15 is 0 Å². The molecule has 9 heteroatoms. The smallest absolute Gasteiger partial charge is 0.335 e. The Bertz CT molecular complexity index is 1260. The van der Waals surface area contributed by atoms with Crippen LogP contribution in [0.15, 0.2) is 60.7 Å². The number of carboxylic acid groups (broad SMARTS) is 1. The van der Waals surface area contributed by atoms with Crippen molar-refractivity contribution in [3.8, 4) is 17.6 Å². The van der Waals surface area contributed by atoms with Crippen molar-refractivity contribution >= 4 is 45.9 Å². The standard InChI is InChI=1S/C24H17IN2O6/c1-32-22-12-16(10-19(13-26)17-4-6-18(7-5-17)24(28)29)11-21(25)23(22)33-14-15-2-8-20(9-3-15)27(30)31/h2-12H,14H2,1H3,(H,28,29)/b19-10-. The maximum Gasteiger partial charge on any atom is 0.335 e. The van der Waals surface area contributed by atoms with Crippen molar-refractivity contribution in [3.63, 3.8) is 0 Å². The molecule has 1 N–H and O–H groups in total. The summed E-state index contributed by atoms with van der Waals surface area (Å²) in [4.78, 5) is 21.4. The van der Waals surface area contributed by atoms with Gasteiger partial charge < -0.3 is 14.6 Å². The highest BCUT2D eigenvalue weighted by Crippen LogP contribution is 2.35.